The van der Waals surface area contributed by atoms with E-state index < -0.39 is 17.1 Å². The van der Waals surface area contributed by atoms with E-state index in [1.807, 2.05) is 13.1 Å². The van der Waals surface area contributed by atoms with Gasteiger partial charge in [-0.2, -0.15) is 0 Å². The Kier molecular flexibility index (Phi) is 5.55. The number of benzene rings is 1. The molecule has 0 spiro atoms. The SMILES string of the molecule is C=CCn1c(O)c(C=NC[C@@H]2c3c(cc4c(c3OC)OCO4)CCN2C)c(=O)[nH]c1=O. The Morgan fingerprint density at radius 3 is 2.97 bits per heavy atom. The summed E-state index contributed by atoms with van der Waals surface area (Å²) in [4.78, 5) is 32.8. The number of aromatic hydroxyl groups is 1. The van der Waals surface area contributed by atoms with Crippen molar-refractivity contribution in [1.82, 2.24) is 14.5 Å². The van der Waals surface area contributed by atoms with Crippen LogP contribution < -0.4 is 25.5 Å². The minimum atomic E-state index is -0.707. The molecule has 2 aliphatic rings. The first-order valence-corrected chi connectivity index (χ1v) is 9.82. The fraction of sp³-hybridized carbons (Fsp3) is 0.381. The second kappa shape index (κ2) is 8.31. The van der Waals surface area contributed by atoms with Crippen LogP contribution in [-0.2, 0) is 13.0 Å². The fourth-order valence-corrected chi connectivity index (χ4v) is 3.99. The van der Waals surface area contributed by atoms with E-state index in [0.29, 0.717) is 23.8 Å². The van der Waals surface area contributed by atoms with Crippen LogP contribution >= 0.6 is 0 Å². The number of aliphatic imine (C=N–C) groups is 1. The molecule has 1 atom stereocenters. The van der Waals surface area contributed by atoms with Crippen LogP contribution in [0.2, 0.25) is 0 Å². The number of aromatic nitrogens is 2. The predicted molar refractivity (Wildman–Crippen MR) is 114 cm³/mol. The molecule has 0 aliphatic carbocycles. The molecule has 10 heteroatoms. The van der Waals surface area contributed by atoms with Gasteiger partial charge in [0.15, 0.2) is 11.5 Å². The van der Waals surface area contributed by atoms with Crippen molar-refractivity contribution in [2.75, 3.05) is 34.0 Å². The molecule has 2 aromatic rings. The first-order valence-electron chi connectivity index (χ1n) is 9.82. The lowest BCUT2D eigenvalue weighted by Gasteiger charge is -2.35. The van der Waals surface area contributed by atoms with E-state index in [0.717, 1.165) is 28.7 Å². The minimum Gasteiger partial charge on any atom is -0.494 e. The molecule has 10 nitrogen and oxygen atoms in total. The molecule has 0 amide bonds. The molecule has 0 saturated heterocycles. The molecule has 1 aromatic heterocycles. The van der Waals surface area contributed by atoms with E-state index in [2.05, 4.69) is 21.5 Å². The molecule has 0 bridgehead atoms. The third kappa shape index (κ3) is 3.59. The van der Waals surface area contributed by atoms with Crippen LogP contribution in [0.1, 0.15) is 22.7 Å². The summed E-state index contributed by atoms with van der Waals surface area (Å²) >= 11 is 0. The van der Waals surface area contributed by atoms with Crippen LogP contribution in [0, 0.1) is 0 Å². The average Bonchev–Trinajstić information content (AvgIpc) is 3.21. The van der Waals surface area contributed by atoms with Gasteiger partial charge in [0.1, 0.15) is 5.56 Å². The van der Waals surface area contributed by atoms with Crippen molar-refractivity contribution in [1.29, 1.82) is 0 Å². The lowest BCUT2D eigenvalue weighted by Crippen LogP contribution is -2.34. The number of methoxy groups -OCH3 is 1. The lowest BCUT2D eigenvalue weighted by molar-refractivity contribution is 0.170. The zero-order chi connectivity index (χ0) is 22.1. The Morgan fingerprint density at radius 1 is 1.42 bits per heavy atom. The Labute approximate surface area is 178 Å². The number of hydrogen-bond acceptors (Lipinski definition) is 8. The van der Waals surface area contributed by atoms with E-state index in [-0.39, 0.29) is 24.9 Å². The number of ether oxygens (including phenoxy) is 3. The minimum absolute atomic E-state index is 0.0609. The molecule has 3 heterocycles. The molecule has 1 aromatic carbocycles. The normalized spacial score (nSPS) is 17.7. The van der Waals surface area contributed by atoms with Gasteiger partial charge in [-0.1, -0.05) is 6.08 Å². The van der Waals surface area contributed by atoms with Gasteiger partial charge in [-0.3, -0.25) is 24.2 Å². The summed E-state index contributed by atoms with van der Waals surface area (Å²) in [5, 5.41) is 10.4. The zero-order valence-electron chi connectivity index (χ0n) is 17.4. The molecular weight excluding hydrogens is 404 g/mol. The number of aromatic amines is 1. The van der Waals surface area contributed by atoms with Gasteiger partial charge in [0.25, 0.3) is 5.56 Å². The number of rotatable bonds is 6. The van der Waals surface area contributed by atoms with E-state index in [1.54, 1.807) is 7.11 Å². The standard InChI is InChI=1S/C21H24N4O6/c1-4-6-25-20(27)13(19(26)23-21(25)28)9-22-10-14-16-12(5-7-24(14)2)8-15-17(18(16)29-3)31-11-30-15/h4,8-9,14,27H,1,5-7,10-11H2,2-3H3,(H,23,26,28)/t14-/m1/s1. The molecule has 0 saturated carbocycles. The van der Waals surface area contributed by atoms with Crippen LogP contribution in [0.3, 0.4) is 0 Å². The maximum atomic E-state index is 12.2. The Hall–Kier alpha value is -3.53. The van der Waals surface area contributed by atoms with Gasteiger partial charge in [0, 0.05) is 24.9 Å². The number of likely N-dealkylation sites (N-methyl/N-ethyl adjacent to an activating group) is 1. The topological polar surface area (TPSA) is 118 Å². The Balaban J connectivity index is 1.69. The van der Waals surface area contributed by atoms with Crippen molar-refractivity contribution in [2.45, 2.75) is 19.0 Å². The van der Waals surface area contributed by atoms with Crippen molar-refractivity contribution < 1.29 is 19.3 Å². The van der Waals surface area contributed by atoms with Gasteiger partial charge >= 0.3 is 5.69 Å². The maximum Gasteiger partial charge on any atom is 0.331 e. The lowest BCUT2D eigenvalue weighted by atomic mass is 9.91. The van der Waals surface area contributed by atoms with Gasteiger partial charge in [-0.15, -0.1) is 6.58 Å². The highest BCUT2D eigenvalue weighted by atomic mass is 16.7. The predicted octanol–water partition coefficient (Wildman–Crippen LogP) is 0.814. The van der Waals surface area contributed by atoms with E-state index >= 15 is 0 Å². The number of nitrogens with one attached hydrogen (secondary N) is 1. The van der Waals surface area contributed by atoms with Gasteiger partial charge < -0.3 is 19.3 Å². The monoisotopic (exact) mass is 428 g/mol. The second-order valence-corrected chi connectivity index (χ2v) is 7.35. The third-order valence-corrected chi connectivity index (χ3v) is 5.56. The highest BCUT2D eigenvalue weighted by molar-refractivity contribution is 5.81. The van der Waals surface area contributed by atoms with Crippen LogP contribution in [-0.4, -0.2) is 59.8 Å². The average molecular weight is 428 g/mol. The molecule has 31 heavy (non-hydrogen) atoms. The smallest absolute Gasteiger partial charge is 0.331 e. The Bertz CT molecular complexity index is 1170. The zero-order valence-corrected chi connectivity index (χ0v) is 17.4. The number of H-pyrrole nitrogens is 1. The fourth-order valence-electron chi connectivity index (χ4n) is 3.99. The largest absolute Gasteiger partial charge is 0.494 e. The Morgan fingerprint density at radius 2 is 2.23 bits per heavy atom. The number of hydrogen-bond donors (Lipinski definition) is 2. The molecule has 2 aliphatic heterocycles. The molecular formula is C21H24N4O6. The van der Waals surface area contributed by atoms with E-state index in [4.69, 9.17) is 14.2 Å². The van der Waals surface area contributed by atoms with E-state index in [1.165, 1.54) is 12.3 Å². The van der Waals surface area contributed by atoms with Crippen molar-refractivity contribution in [3.8, 4) is 23.1 Å². The molecule has 4 rings (SSSR count). The van der Waals surface area contributed by atoms with Gasteiger partial charge in [-0.25, -0.2) is 4.79 Å². The summed E-state index contributed by atoms with van der Waals surface area (Å²) < 4.78 is 17.8. The van der Waals surface area contributed by atoms with Gasteiger partial charge in [0.2, 0.25) is 18.4 Å². The summed E-state index contributed by atoms with van der Waals surface area (Å²) in [6.45, 7) is 4.88. The first-order chi connectivity index (χ1) is 15.0. The van der Waals surface area contributed by atoms with E-state index in [9.17, 15) is 14.7 Å². The molecule has 0 radical (unpaired) electrons. The molecule has 0 unspecified atom stereocenters. The second-order valence-electron chi connectivity index (χ2n) is 7.35. The van der Waals surface area contributed by atoms with Crippen molar-refractivity contribution in [2.24, 2.45) is 4.99 Å². The van der Waals surface area contributed by atoms with Crippen LogP contribution in [0.15, 0.2) is 33.3 Å². The summed E-state index contributed by atoms with van der Waals surface area (Å²) in [7, 11) is 3.58. The number of nitrogens with zero attached hydrogens (tertiary/aromatic N) is 3. The summed E-state index contributed by atoms with van der Waals surface area (Å²) in [5.41, 5.74) is 0.566. The van der Waals surface area contributed by atoms with Crippen molar-refractivity contribution >= 4 is 6.21 Å². The van der Waals surface area contributed by atoms with Crippen molar-refractivity contribution in [3.63, 3.8) is 0 Å². The van der Waals surface area contributed by atoms with Crippen molar-refractivity contribution in [3.05, 3.63) is 56.2 Å². The highest BCUT2D eigenvalue weighted by Gasteiger charge is 2.33. The third-order valence-electron chi connectivity index (χ3n) is 5.56. The molecule has 164 valence electrons. The van der Waals surface area contributed by atoms with Crippen LogP contribution in [0.25, 0.3) is 0 Å². The first kappa shape index (κ1) is 20.7. The van der Waals surface area contributed by atoms with Crippen LogP contribution in [0.5, 0.6) is 23.1 Å². The maximum absolute atomic E-state index is 12.2. The molecule has 2 N–H and O–H groups in total. The summed E-state index contributed by atoms with van der Waals surface area (Å²) in [5.74, 6) is 1.42. The molecule has 0 fully saturated rings. The number of fused-ring (bicyclic) bond motifs is 2. The summed E-state index contributed by atoms with van der Waals surface area (Å²) in [6, 6.07) is 1.84. The van der Waals surface area contributed by atoms with Crippen LogP contribution in [0.4, 0.5) is 0 Å². The summed E-state index contributed by atoms with van der Waals surface area (Å²) in [6.07, 6.45) is 3.56. The van der Waals surface area contributed by atoms with Gasteiger partial charge in [0.05, 0.1) is 19.7 Å². The van der Waals surface area contributed by atoms with Gasteiger partial charge in [-0.05, 0) is 25.1 Å². The number of allylic oxidation sites excluding steroid dienone is 1. The quantitative estimate of drug-likeness (QED) is 0.516. The highest BCUT2D eigenvalue weighted by Crippen LogP contribution is 2.49.